The lowest BCUT2D eigenvalue weighted by Crippen LogP contribution is -2.46. The number of anilines is 1. The fourth-order valence-corrected chi connectivity index (χ4v) is 4.20. The van der Waals surface area contributed by atoms with E-state index < -0.39 is 6.10 Å². The highest BCUT2D eigenvalue weighted by Crippen LogP contribution is 2.34. The van der Waals surface area contributed by atoms with E-state index >= 15 is 0 Å². The van der Waals surface area contributed by atoms with Gasteiger partial charge in [-0.15, -0.1) is 0 Å². The molecule has 0 bridgehead atoms. The summed E-state index contributed by atoms with van der Waals surface area (Å²) >= 11 is 0. The first-order chi connectivity index (χ1) is 16.0. The van der Waals surface area contributed by atoms with Crippen molar-refractivity contribution in [3.63, 3.8) is 0 Å². The van der Waals surface area contributed by atoms with Gasteiger partial charge in [-0.1, -0.05) is 24.3 Å². The third-order valence-electron chi connectivity index (χ3n) is 6.41. The van der Waals surface area contributed by atoms with Crippen molar-refractivity contribution in [1.29, 1.82) is 0 Å². The summed E-state index contributed by atoms with van der Waals surface area (Å²) < 4.78 is 5.69. The molecule has 2 fully saturated rings. The highest BCUT2D eigenvalue weighted by Gasteiger charge is 2.35. The van der Waals surface area contributed by atoms with Crippen LogP contribution in [-0.2, 0) is 16.1 Å². The number of ether oxygens (including phenoxy) is 1. The Morgan fingerprint density at radius 2 is 1.79 bits per heavy atom. The first-order valence-electron chi connectivity index (χ1n) is 11.8. The number of fused-ring (bicyclic) bond motifs is 1. The van der Waals surface area contributed by atoms with Gasteiger partial charge in [0.2, 0.25) is 5.91 Å². The molecule has 172 valence electrons. The Kier molecular flexibility index (Phi) is 5.79. The Hall–Kier alpha value is -3.35. The number of hydrogen-bond acceptors (Lipinski definition) is 4. The Morgan fingerprint density at radius 1 is 1.06 bits per heavy atom. The Labute approximate surface area is 193 Å². The van der Waals surface area contributed by atoms with Crippen molar-refractivity contribution >= 4 is 23.4 Å². The summed E-state index contributed by atoms with van der Waals surface area (Å²) in [6.45, 7) is 2.57. The van der Waals surface area contributed by atoms with Crippen molar-refractivity contribution in [2.24, 2.45) is 0 Å². The lowest BCUT2D eigenvalue weighted by Gasteiger charge is -2.33. The Bertz CT molecular complexity index is 1060. The van der Waals surface area contributed by atoms with E-state index in [0.717, 1.165) is 31.2 Å². The first kappa shape index (κ1) is 21.5. The summed E-state index contributed by atoms with van der Waals surface area (Å²) in [6.07, 6.45) is 3.82. The summed E-state index contributed by atoms with van der Waals surface area (Å²) in [5.74, 6) is 0.544. The Balaban J connectivity index is 1.22. The zero-order valence-electron chi connectivity index (χ0n) is 18.8. The van der Waals surface area contributed by atoms with Crippen molar-refractivity contribution in [3.8, 4) is 5.75 Å². The van der Waals surface area contributed by atoms with Crippen molar-refractivity contribution in [3.05, 3.63) is 59.7 Å². The average Bonchev–Trinajstić information content (AvgIpc) is 3.73. The first-order valence-corrected chi connectivity index (χ1v) is 11.8. The van der Waals surface area contributed by atoms with E-state index in [9.17, 15) is 14.4 Å². The van der Waals surface area contributed by atoms with E-state index in [1.807, 2.05) is 53.4 Å². The van der Waals surface area contributed by atoms with Gasteiger partial charge in [0, 0.05) is 37.2 Å². The number of hydrogen-bond donors (Lipinski definition) is 1. The predicted molar refractivity (Wildman–Crippen MR) is 124 cm³/mol. The lowest BCUT2D eigenvalue weighted by molar-refractivity contribution is -0.132. The molecule has 2 aromatic carbocycles. The topological polar surface area (TPSA) is 79.0 Å². The molecule has 0 saturated heterocycles. The number of carbonyl (C=O) groups is 3. The molecule has 33 heavy (non-hydrogen) atoms. The summed E-state index contributed by atoms with van der Waals surface area (Å²) in [7, 11) is 0. The van der Waals surface area contributed by atoms with Gasteiger partial charge in [-0.05, 0) is 62.4 Å². The molecule has 0 radical (unpaired) electrons. The molecule has 3 aliphatic rings. The molecule has 0 spiro atoms. The van der Waals surface area contributed by atoms with Crippen LogP contribution in [0.5, 0.6) is 5.75 Å². The van der Waals surface area contributed by atoms with Gasteiger partial charge in [0.15, 0.2) is 6.10 Å². The van der Waals surface area contributed by atoms with Crippen LogP contribution in [0, 0.1) is 0 Å². The molecule has 2 aliphatic carbocycles. The van der Waals surface area contributed by atoms with Gasteiger partial charge in [-0.2, -0.15) is 0 Å². The Morgan fingerprint density at radius 3 is 2.48 bits per heavy atom. The van der Waals surface area contributed by atoms with E-state index in [2.05, 4.69) is 5.32 Å². The standard InChI is InChI=1S/C26H29N3O4/c1-17-26(32)28(22-4-2-3-5-23(22)33-17)15-14-24(30)29(21-12-13-21)16-18-6-8-19(9-7-18)25(31)27-20-10-11-20/h2-9,17,20-21H,10-16H2,1H3,(H,27,31). The van der Waals surface area contributed by atoms with Crippen molar-refractivity contribution in [2.75, 3.05) is 11.4 Å². The van der Waals surface area contributed by atoms with Crippen LogP contribution in [0.4, 0.5) is 5.69 Å². The van der Waals surface area contributed by atoms with Crippen LogP contribution in [0.15, 0.2) is 48.5 Å². The monoisotopic (exact) mass is 447 g/mol. The minimum atomic E-state index is -0.565. The molecule has 1 aliphatic heterocycles. The summed E-state index contributed by atoms with van der Waals surface area (Å²) in [6, 6.07) is 15.5. The maximum absolute atomic E-state index is 13.2. The molecule has 7 nitrogen and oxygen atoms in total. The van der Waals surface area contributed by atoms with E-state index in [4.69, 9.17) is 4.74 Å². The van der Waals surface area contributed by atoms with E-state index in [0.29, 0.717) is 36.1 Å². The van der Waals surface area contributed by atoms with Crippen LogP contribution in [0.2, 0.25) is 0 Å². The van der Waals surface area contributed by atoms with Gasteiger partial charge in [0.25, 0.3) is 11.8 Å². The van der Waals surface area contributed by atoms with Crippen molar-refractivity contribution in [2.45, 2.75) is 63.8 Å². The number of carbonyl (C=O) groups excluding carboxylic acids is 3. The van der Waals surface area contributed by atoms with Gasteiger partial charge in [-0.25, -0.2) is 0 Å². The molecular weight excluding hydrogens is 418 g/mol. The summed E-state index contributed by atoms with van der Waals surface area (Å²) in [5, 5.41) is 2.99. The smallest absolute Gasteiger partial charge is 0.267 e. The highest BCUT2D eigenvalue weighted by atomic mass is 16.5. The number of amides is 3. The maximum atomic E-state index is 13.2. The van der Waals surface area contributed by atoms with E-state index in [-0.39, 0.29) is 30.2 Å². The van der Waals surface area contributed by atoms with Gasteiger partial charge in [0.05, 0.1) is 5.69 Å². The number of rotatable bonds is 8. The van der Waals surface area contributed by atoms with Crippen LogP contribution in [0.25, 0.3) is 0 Å². The molecular formula is C26H29N3O4. The summed E-state index contributed by atoms with van der Waals surface area (Å²) in [5.41, 5.74) is 2.36. The largest absolute Gasteiger partial charge is 0.479 e. The number of nitrogens with one attached hydrogen (secondary N) is 1. The van der Waals surface area contributed by atoms with Gasteiger partial charge >= 0.3 is 0 Å². The SMILES string of the molecule is CC1Oc2ccccc2N(CCC(=O)N(Cc2ccc(C(=O)NC3CC3)cc2)C2CC2)C1=O. The molecule has 7 heteroatoms. The van der Waals surface area contributed by atoms with Crippen LogP contribution >= 0.6 is 0 Å². The third kappa shape index (κ3) is 4.87. The second-order valence-corrected chi connectivity index (χ2v) is 9.17. The van der Waals surface area contributed by atoms with Crippen LogP contribution in [-0.4, -0.2) is 47.4 Å². The van der Waals surface area contributed by atoms with Crippen molar-refractivity contribution < 1.29 is 19.1 Å². The molecule has 1 atom stereocenters. The van der Waals surface area contributed by atoms with Crippen molar-refractivity contribution in [1.82, 2.24) is 10.2 Å². The minimum absolute atomic E-state index is 0.0381. The molecule has 0 aromatic heterocycles. The normalized spacial score (nSPS) is 19.5. The third-order valence-corrected chi connectivity index (χ3v) is 6.41. The molecule has 1 N–H and O–H groups in total. The average molecular weight is 448 g/mol. The molecule has 1 unspecified atom stereocenters. The molecule has 2 saturated carbocycles. The highest BCUT2D eigenvalue weighted by molar-refractivity contribution is 6.00. The summed E-state index contributed by atoms with van der Waals surface area (Å²) in [4.78, 5) is 41.7. The second-order valence-electron chi connectivity index (χ2n) is 9.17. The number of benzene rings is 2. The molecule has 2 aromatic rings. The van der Waals surface area contributed by atoms with Crippen LogP contribution in [0.1, 0.15) is 54.9 Å². The van der Waals surface area contributed by atoms with Gasteiger partial charge in [0.1, 0.15) is 5.75 Å². The molecule has 5 rings (SSSR count). The van der Waals surface area contributed by atoms with Gasteiger partial charge in [-0.3, -0.25) is 14.4 Å². The minimum Gasteiger partial charge on any atom is -0.479 e. The number of nitrogens with zero attached hydrogens (tertiary/aromatic N) is 2. The second kappa shape index (κ2) is 8.89. The maximum Gasteiger partial charge on any atom is 0.267 e. The van der Waals surface area contributed by atoms with Gasteiger partial charge < -0.3 is 19.9 Å². The van der Waals surface area contributed by atoms with E-state index in [1.165, 1.54) is 0 Å². The van der Waals surface area contributed by atoms with Crippen LogP contribution < -0.4 is 15.0 Å². The molecule has 3 amide bonds. The quantitative estimate of drug-likeness (QED) is 0.674. The predicted octanol–water partition coefficient (Wildman–Crippen LogP) is 3.27. The lowest BCUT2D eigenvalue weighted by atomic mass is 10.1. The van der Waals surface area contributed by atoms with Crippen LogP contribution in [0.3, 0.4) is 0 Å². The van der Waals surface area contributed by atoms with E-state index in [1.54, 1.807) is 11.8 Å². The fourth-order valence-electron chi connectivity index (χ4n) is 4.20. The number of para-hydroxylation sites is 2. The zero-order valence-corrected chi connectivity index (χ0v) is 18.8. The fraction of sp³-hybridized carbons (Fsp3) is 0.423. The zero-order chi connectivity index (χ0) is 22.9. The molecule has 1 heterocycles.